The second-order valence-electron chi connectivity index (χ2n) is 4.79. The molecule has 1 unspecified atom stereocenters. The van der Waals surface area contributed by atoms with Crippen LogP contribution in [0.15, 0.2) is 12.1 Å². The summed E-state index contributed by atoms with van der Waals surface area (Å²) in [7, 11) is 1.85. The zero-order chi connectivity index (χ0) is 14.2. The monoisotopic (exact) mass is 262 g/mol. The molecule has 1 aromatic heterocycles. The van der Waals surface area contributed by atoms with Crippen LogP contribution in [0.2, 0.25) is 0 Å². The highest BCUT2D eigenvalue weighted by atomic mass is 19.1. The van der Waals surface area contributed by atoms with Crippen molar-refractivity contribution < 1.29 is 4.39 Å². The van der Waals surface area contributed by atoms with Crippen LogP contribution in [-0.2, 0) is 0 Å². The number of benzene rings is 1. The molecule has 0 saturated carbocycles. The van der Waals surface area contributed by atoms with Gasteiger partial charge in [0.1, 0.15) is 17.5 Å². The molecule has 0 fully saturated rings. The summed E-state index contributed by atoms with van der Waals surface area (Å²) < 4.78 is 15.6. The summed E-state index contributed by atoms with van der Waals surface area (Å²) in [6, 6.07) is 3.43. The molecule has 1 aromatic carbocycles. The van der Waals surface area contributed by atoms with Gasteiger partial charge in [0, 0.05) is 6.04 Å². The molecule has 0 amide bonds. The first-order valence-corrected chi connectivity index (χ1v) is 6.32. The van der Waals surface area contributed by atoms with E-state index in [1.807, 2.05) is 33.9 Å². The van der Waals surface area contributed by atoms with Crippen LogP contribution in [0, 0.1) is 26.6 Å². The van der Waals surface area contributed by atoms with E-state index in [4.69, 9.17) is 0 Å². The van der Waals surface area contributed by atoms with Crippen LogP contribution < -0.4 is 5.32 Å². The minimum absolute atomic E-state index is 0.0361. The van der Waals surface area contributed by atoms with E-state index in [-0.39, 0.29) is 11.9 Å². The average Bonchev–Trinajstić information content (AvgIpc) is 2.70. The fraction of sp³-hybridized carbons (Fsp3) is 0.429. The van der Waals surface area contributed by atoms with Crippen LogP contribution >= 0.6 is 0 Å². The molecular weight excluding hydrogens is 243 g/mol. The van der Waals surface area contributed by atoms with Crippen molar-refractivity contribution in [3.05, 3.63) is 40.7 Å². The summed E-state index contributed by atoms with van der Waals surface area (Å²) in [5.74, 6) is 1.31. The van der Waals surface area contributed by atoms with Gasteiger partial charge in [0.15, 0.2) is 0 Å². The van der Waals surface area contributed by atoms with Crippen molar-refractivity contribution in [2.24, 2.45) is 0 Å². The second-order valence-corrected chi connectivity index (χ2v) is 4.79. The Morgan fingerprint density at radius 3 is 2.47 bits per heavy atom. The van der Waals surface area contributed by atoms with Crippen LogP contribution in [0.3, 0.4) is 0 Å². The minimum Gasteiger partial charge on any atom is -0.313 e. The third-order valence-corrected chi connectivity index (χ3v) is 3.31. The zero-order valence-corrected chi connectivity index (χ0v) is 12.0. The maximum absolute atomic E-state index is 13.8. The van der Waals surface area contributed by atoms with Crippen molar-refractivity contribution >= 4 is 0 Å². The van der Waals surface area contributed by atoms with Crippen molar-refractivity contribution in [1.29, 1.82) is 0 Å². The molecular formula is C14H19FN4. The summed E-state index contributed by atoms with van der Waals surface area (Å²) in [5.41, 5.74) is 2.35. The molecule has 0 radical (unpaired) electrons. The zero-order valence-electron chi connectivity index (χ0n) is 12.0. The smallest absolute Gasteiger partial charge is 0.148 e. The van der Waals surface area contributed by atoms with Gasteiger partial charge in [-0.05, 0) is 58.0 Å². The number of nitrogens with one attached hydrogen (secondary N) is 1. The van der Waals surface area contributed by atoms with Gasteiger partial charge in [0.05, 0.1) is 5.69 Å². The fourth-order valence-corrected chi connectivity index (χ4v) is 2.12. The van der Waals surface area contributed by atoms with Gasteiger partial charge in [-0.3, -0.25) is 0 Å². The van der Waals surface area contributed by atoms with E-state index in [9.17, 15) is 4.39 Å². The molecule has 1 heterocycles. The topological polar surface area (TPSA) is 42.7 Å². The number of nitrogens with zero attached hydrogens (tertiary/aromatic N) is 3. The highest BCUT2D eigenvalue weighted by Gasteiger charge is 2.16. The van der Waals surface area contributed by atoms with Crippen molar-refractivity contribution in [1.82, 2.24) is 20.1 Å². The lowest BCUT2D eigenvalue weighted by Crippen LogP contribution is -2.16. The molecule has 0 aliphatic rings. The largest absolute Gasteiger partial charge is 0.313 e. The first kappa shape index (κ1) is 13.7. The maximum atomic E-state index is 13.8. The van der Waals surface area contributed by atoms with E-state index in [0.29, 0.717) is 11.4 Å². The molecule has 5 heteroatoms. The predicted molar refractivity (Wildman–Crippen MR) is 73.0 cm³/mol. The molecule has 102 valence electrons. The Bertz CT molecular complexity index is 604. The molecule has 2 rings (SSSR count). The fourth-order valence-electron chi connectivity index (χ4n) is 2.12. The number of aryl methyl sites for hydroxylation is 3. The number of hydrogen-bond acceptors (Lipinski definition) is 3. The number of hydrogen-bond donors (Lipinski definition) is 1. The molecule has 2 aromatic rings. The van der Waals surface area contributed by atoms with Gasteiger partial charge in [-0.25, -0.2) is 14.1 Å². The molecule has 0 spiro atoms. The van der Waals surface area contributed by atoms with E-state index in [2.05, 4.69) is 15.4 Å². The summed E-state index contributed by atoms with van der Waals surface area (Å²) in [6.07, 6.45) is 0. The second kappa shape index (κ2) is 5.09. The van der Waals surface area contributed by atoms with Crippen molar-refractivity contribution in [3.63, 3.8) is 0 Å². The Labute approximate surface area is 112 Å². The van der Waals surface area contributed by atoms with Crippen LogP contribution in [0.25, 0.3) is 5.69 Å². The van der Waals surface area contributed by atoms with Crippen LogP contribution in [0.1, 0.15) is 35.7 Å². The van der Waals surface area contributed by atoms with Gasteiger partial charge in [-0.1, -0.05) is 0 Å². The Balaban J connectivity index is 2.67. The van der Waals surface area contributed by atoms with E-state index in [1.54, 1.807) is 17.7 Å². The summed E-state index contributed by atoms with van der Waals surface area (Å²) >= 11 is 0. The summed E-state index contributed by atoms with van der Waals surface area (Å²) in [4.78, 5) is 4.30. The van der Waals surface area contributed by atoms with E-state index in [0.717, 1.165) is 17.1 Å². The molecule has 0 bridgehead atoms. The van der Waals surface area contributed by atoms with E-state index in [1.165, 1.54) is 0 Å². The summed E-state index contributed by atoms with van der Waals surface area (Å²) in [6.45, 7) is 7.49. The third kappa shape index (κ3) is 2.51. The van der Waals surface area contributed by atoms with Crippen LogP contribution in [0.4, 0.5) is 4.39 Å². The molecule has 0 saturated heterocycles. The molecule has 1 N–H and O–H groups in total. The SMILES string of the molecule is CNC(C)c1cc(F)c(C)cc1-n1nc(C)nc1C. The quantitative estimate of drug-likeness (QED) is 0.924. The molecule has 4 nitrogen and oxygen atoms in total. The first-order chi connectivity index (χ1) is 8.93. The number of aromatic nitrogens is 3. The number of rotatable bonds is 3. The van der Waals surface area contributed by atoms with E-state index < -0.39 is 0 Å². The first-order valence-electron chi connectivity index (χ1n) is 6.32. The van der Waals surface area contributed by atoms with Crippen molar-refractivity contribution in [2.75, 3.05) is 7.05 Å². The Hall–Kier alpha value is -1.75. The molecule has 0 aliphatic heterocycles. The van der Waals surface area contributed by atoms with Crippen LogP contribution in [0.5, 0.6) is 0 Å². The van der Waals surface area contributed by atoms with Gasteiger partial charge in [-0.2, -0.15) is 5.10 Å². The molecule has 1 atom stereocenters. The standard InChI is InChI=1S/C14H19FN4/c1-8-6-14(19-11(4)17-10(3)18-19)12(7-13(8)15)9(2)16-5/h6-7,9,16H,1-5H3. The van der Waals surface area contributed by atoms with Gasteiger partial charge in [-0.15, -0.1) is 0 Å². The lowest BCUT2D eigenvalue weighted by atomic mass is 10.0. The third-order valence-electron chi connectivity index (χ3n) is 3.31. The highest BCUT2D eigenvalue weighted by Crippen LogP contribution is 2.25. The normalized spacial score (nSPS) is 12.7. The molecule has 0 aliphatic carbocycles. The van der Waals surface area contributed by atoms with Crippen LogP contribution in [-0.4, -0.2) is 21.8 Å². The van der Waals surface area contributed by atoms with E-state index >= 15 is 0 Å². The lowest BCUT2D eigenvalue weighted by molar-refractivity contribution is 0.596. The highest BCUT2D eigenvalue weighted by molar-refractivity contribution is 5.46. The number of halogens is 1. The Morgan fingerprint density at radius 1 is 1.26 bits per heavy atom. The van der Waals surface area contributed by atoms with Crippen molar-refractivity contribution in [2.45, 2.75) is 33.7 Å². The van der Waals surface area contributed by atoms with Gasteiger partial charge in [0.2, 0.25) is 0 Å². The Kier molecular flexibility index (Phi) is 3.66. The minimum atomic E-state index is -0.199. The van der Waals surface area contributed by atoms with Gasteiger partial charge in [0.25, 0.3) is 0 Å². The Morgan fingerprint density at radius 2 is 1.95 bits per heavy atom. The van der Waals surface area contributed by atoms with Gasteiger partial charge >= 0.3 is 0 Å². The van der Waals surface area contributed by atoms with Crippen molar-refractivity contribution in [3.8, 4) is 5.69 Å². The maximum Gasteiger partial charge on any atom is 0.148 e. The average molecular weight is 262 g/mol. The van der Waals surface area contributed by atoms with Gasteiger partial charge < -0.3 is 5.32 Å². The predicted octanol–water partition coefficient (Wildman–Crippen LogP) is 2.61. The lowest BCUT2D eigenvalue weighted by Gasteiger charge is -2.17. The molecule has 19 heavy (non-hydrogen) atoms. The summed E-state index contributed by atoms with van der Waals surface area (Å²) in [5, 5.41) is 7.52.